The van der Waals surface area contributed by atoms with Gasteiger partial charge in [-0.05, 0) is 12.1 Å². The molecule has 0 spiro atoms. The minimum absolute atomic E-state index is 0.0322. The zero-order valence-corrected chi connectivity index (χ0v) is 5.85. The van der Waals surface area contributed by atoms with Gasteiger partial charge in [0.1, 0.15) is 5.76 Å². The van der Waals surface area contributed by atoms with Crippen molar-refractivity contribution in [2.75, 3.05) is 0 Å². The highest BCUT2D eigenvalue weighted by atomic mass is 19.4. The normalized spacial score (nSPS) is 12.0. The molecule has 0 radical (unpaired) electrons. The Kier molecular flexibility index (Phi) is 2.39. The second-order valence-corrected chi connectivity index (χ2v) is 2.10. The Morgan fingerprint density at radius 2 is 2.08 bits per heavy atom. The molecule has 0 aliphatic carbocycles. The van der Waals surface area contributed by atoms with Crippen LogP contribution in [0.5, 0.6) is 0 Å². The molecule has 0 fully saturated rings. The van der Waals surface area contributed by atoms with Crippen LogP contribution in [0.3, 0.4) is 0 Å². The van der Waals surface area contributed by atoms with E-state index in [0.717, 1.165) is 12.1 Å². The second kappa shape index (κ2) is 3.16. The number of alkyl halides is 3. The molecule has 0 aliphatic heterocycles. The summed E-state index contributed by atoms with van der Waals surface area (Å²) in [5.74, 6) is -1.03. The second-order valence-electron chi connectivity index (χ2n) is 2.10. The Morgan fingerprint density at radius 3 is 2.50 bits per heavy atom. The third-order valence-corrected chi connectivity index (χ3v) is 1.19. The van der Waals surface area contributed by atoms with Crippen LogP contribution in [0, 0.1) is 0 Å². The Balaban J connectivity index is 2.77. The molecule has 0 unspecified atom stereocenters. The largest absolute Gasteiger partial charge is 0.455 e. The molecule has 1 heterocycles. The predicted octanol–water partition coefficient (Wildman–Crippen LogP) is 1.78. The molecule has 0 atom stereocenters. The average molecular weight is 181 g/mol. The quantitative estimate of drug-likeness (QED) is 0.683. The van der Waals surface area contributed by atoms with Gasteiger partial charge in [-0.15, -0.1) is 0 Å². The fourth-order valence-electron chi connectivity index (χ4n) is 0.703. The standard InChI is InChI=1S/C6H6F3NO2/c7-6(8,9)5-2-1-4(12-5)3-10-11/h1-2,10-11H,3H2. The highest BCUT2D eigenvalue weighted by Gasteiger charge is 2.34. The van der Waals surface area contributed by atoms with E-state index >= 15 is 0 Å². The number of hydroxylamine groups is 1. The Bertz CT molecular complexity index is 256. The summed E-state index contributed by atoms with van der Waals surface area (Å²) in [4.78, 5) is 0. The van der Waals surface area contributed by atoms with Crippen molar-refractivity contribution >= 4 is 0 Å². The Labute approximate surface area is 65.8 Å². The van der Waals surface area contributed by atoms with E-state index in [1.54, 1.807) is 5.48 Å². The highest BCUT2D eigenvalue weighted by Crippen LogP contribution is 2.30. The zero-order chi connectivity index (χ0) is 9.19. The van der Waals surface area contributed by atoms with E-state index in [4.69, 9.17) is 5.21 Å². The van der Waals surface area contributed by atoms with Gasteiger partial charge in [-0.1, -0.05) is 0 Å². The van der Waals surface area contributed by atoms with Crippen molar-refractivity contribution in [3.63, 3.8) is 0 Å². The first-order valence-electron chi connectivity index (χ1n) is 3.07. The molecule has 0 aromatic carbocycles. The molecule has 12 heavy (non-hydrogen) atoms. The molecule has 1 aromatic rings. The molecular weight excluding hydrogens is 175 g/mol. The molecule has 0 aliphatic rings. The predicted molar refractivity (Wildman–Crippen MR) is 32.3 cm³/mol. The van der Waals surface area contributed by atoms with E-state index in [2.05, 4.69) is 4.42 Å². The first-order valence-corrected chi connectivity index (χ1v) is 3.07. The summed E-state index contributed by atoms with van der Waals surface area (Å²) < 4.78 is 39.9. The molecule has 1 rings (SSSR count). The molecule has 0 saturated carbocycles. The van der Waals surface area contributed by atoms with Crippen LogP contribution < -0.4 is 5.48 Å². The van der Waals surface area contributed by atoms with E-state index in [1.807, 2.05) is 0 Å². The van der Waals surface area contributed by atoms with E-state index in [0.29, 0.717) is 0 Å². The van der Waals surface area contributed by atoms with Crippen LogP contribution in [-0.4, -0.2) is 5.21 Å². The van der Waals surface area contributed by atoms with Gasteiger partial charge in [-0.3, -0.25) is 0 Å². The summed E-state index contributed by atoms with van der Waals surface area (Å²) in [7, 11) is 0. The maximum atomic E-state index is 11.9. The molecular formula is C6H6F3NO2. The van der Waals surface area contributed by atoms with Gasteiger partial charge in [-0.2, -0.15) is 18.7 Å². The summed E-state index contributed by atoms with van der Waals surface area (Å²) in [6.45, 7) is -0.143. The Hall–Kier alpha value is -1.01. The summed E-state index contributed by atoms with van der Waals surface area (Å²) in [5, 5.41) is 8.14. The van der Waals surface area contributed by atoms with E-state index in [1.165, 1.54) is 0 Å². The van der Waals surface area contributed by atoms with Crippen molar-refractivity contribution in [1.82, 2.24) is 5.48 Å². The van der Waals surface area contributed by atoms with Crippen LogP contribution in [-0.2, 0) is 12.7 Å². The van der Waals surface area contributed by atoms with Crippen molar-refractivity contribution in [1.29, 1.82) is 0 Å². The number of nitrogens with one attached hydrogen (secondary N) is 1. The van der Waals surface area contributed by atoms with E-state index in [9.17, 15) is 13.2 Å². The monoisotopic (exact) mass is 181 g/mol. The minimum Gasteiger partial charge on any atom is -0.455 e. The smallest absolute Gasteiger partial charge is 0.449 e. The van der Waals surface area contributed by atoms with Crippen molar-refractivity contribution in [2.24, 2.45) is 0 Å². The zero-order valence-electron chi connectivity index (χ0n) is 5.85. The van der Waals surface area contributed by atoms with Gasteiger partial charge in [-0.25, -0.2) is 0 Å². The topological polar surface area (TPSA) is 45.4 Å². The Morgan fingerprint density at radius 1 is 1.42 bits per heavy atom. The van der Waals surface area contributed by atoms with Crippen LogP contribution in [0.15, 0.2) is 16.5 Å². The van der Waals surface area contributed by atoms with Crippen LogP contribution in [0.2, 0.25) is 0 Å². The number of rotatable bonds is 2. The van der Waals surface area contributed by atoms with Gasteiger partial charge in [0, 0.05) is 0 Å². The van der Waals surface area contributed by atoms with Crippen LogP contribution >= 0.6 is 0 Å². The van der Waals surface area contributed by atoms with Crippen molar-refractivity contribution in [3.8, 4) is 0 Å². The van der Waals surface area contributed by atoms with Crippen molar-refractivity contribution in [2.45, 2.75) is 12.7 Å². The van der Waals surface area contributed by atoms with Crippen LogP contribution in [0.1, 0.15) is 11.5 Å². The maximum Gasteiger partial charge on any atom is 0.449 e. The fourth-order valence-corrected chi connectivity index (χ4v) is 0.703. The lowest BCUT2D eigenvalue weighted by Gasteiger charge is -2.00. The maximum absolute atomic E-state index is 11.9. The van der Waals surface area contributed by atoms with Gasteiger partial charge >= 0.3 is 6.18 Å². The SMILES string of the molecule is ONCc1ccc(C(F)(F)F)o1. The summed E-state index contributed by atoms with van der Waals surface area (Å²) >= 11 is 0. The summed E-state index contributed by atoms with van der Waals surface area (Å²) in [5.41, 5.74) is 1.69. The number of hydrogen-bond donors (Lipinski definition) is 2. The molecule has 0 amide bonds. The average Bonchev–Trinajstić information content (AvgIpc) is 2.35. The van der Waals surface area contributed by atoms with Crippen molar-refractivity contribution < 1.29 is 22.8 Å². The van der Waals surface area contributed by atoms with Gasteiger partial charge in [0.15, 0.2) is 0 Å². The molecule has 2 N–H and O–H groups in total. The minimum atomic E-state index is -4.46. The lowest BCUT2D eigenvalue weighted by Crippen LogP contribution is -2.05. The van der Waals surface area contributed by atoms with E-state index < -0.39 is 11.9 Å². The third-order valence-electron chi connectivity index (χ3n) is 1.19. The molecule has 68 valence electrons. The molecule has 1 aromatic heterocycles. The molecule has 6 heteroatoms. The molecule has 0 saturated heterocycles. The molecule has 0 bridgehead atoms. The first-order chi connectivity index (χ1) is 5.54. The van der Waals surface area contributed by atoms with E-state index in [-0.39, 0.29) is 12.3 Å². The summed E-state index contributed by atoms with van der Waals surface area (Å²) in [6.07, 6.45) is -4.46. The lowest BCUT2D eigenvalue weighted by atomic mass is 10.4. The number of halogens is 3. The fraction of sp³-hybridized carbons (Fsp3) is 0.333. The van der Waals surface area contributed by atoms with Crippen molar-refractivity contribution in [3.05, 3.63) is 23.7 Å². The van der Waals surface area contributed by atoms with Gasteiger partial charge in [0.05, 0.1) is 6.54 Å². The van der Waals surface area contributed by atoms with Crippen LogP contribution in [0.25, 0.3) is 0 Å². The van der Waals surface area contributed by atoms with Crippen LogP contribution in [0.4, 0.5) is 13.2 Å². The van der Waals surface area contributed by atoms with Gasteiger partial charge in [0.25, 0.3) is 0 Å². The number of hydrogen-bond acceptors (Lipinski definition) is 3. The summed E-state index contributed by atoms with van der Waals surface area (Å²) in [6, 6.07) is 1.96. The first kappa shape index (κ1) is 9.08. The third kappa shape index (κ3) is 1.99. The lowest BCUT2D eigenvalue weighted by molar-refractivity contribution is -0.153. The highest BCUT2D eigenvalue weighted by molar-refractivity contribution is 5.09. The molecule has 3 nitrogen and oxygen atoms in total. The van der Waals surface area contributed by atoms with Gasteiger partial charge < -0.3 is 9.62 Å². The number of furan rings is 1. The van der Waals surface area contributed by atoms with Gasteiger partial charge in [0.2, 0.25) is 5.76 Å².